The van der Waals surface area contributed by atoms with Crippen LogP contribution in [0.15, 0.2) is 30.3 Å². The van der Waals surface area contributed by atoms with Crippen molar-refractivity contribution in [1.82, 2.24) is 4.90 Å². The Labute approximate surface area is 90.3 Å². The Morgan fingerprint density at radius 3 is 2.53 bits per heavy atom. The van der Waals surface area contributed by atoms with Crippen molar-refractivity contribution in [2.45, 2.75) is 13.3 Å². The van der Waals surface area contributed by atoms with Gasteiger partial charge in [-0.3, -0.25) is 9.69 Å². The van der Waals surface area contributed by atoms with Gasteiger partial charge in [0.25, 0.3) is 0 Å². The van der Waals surface area contributed by atoms with E-state index in [4.69, 9.17) is 5.11 Å². The molecule has 0 amide bonds. The van der Waals surface area contributed by atoms with Crippen molar-refractivity contribution in [3.8, 4) is 0 Å². The highest BCUT2D eigenvalue weighted by atomic mass is 16.4. The summed E-state index contributed by atoms with van der Waals surface area (Å²) in [5, 5.41) is 8.67. The number of hydrogen-bond acceptors (Lipinski definition) is 2. The van der Waals surface area contributed by atoms with Crippen LogP contribution in [0, 0.1) is 0 Å². The lowest BCUT2D eigenvalue weighted by atomic mass is 10.1. The highest BCUT2D eigenvalue weighted by molar-refractivity contribution is 5.69. The molecule has 15 heavy (non-hydrogen) atoms. The highest BCUT2D eigenvalue weighted by Crippen LogP contribution is 2.01. The molecule has 0 radical (unpaired) electrons. The van der Waals surface area contributed by atoms with Gasteiger partial charge in [-0.2, -0.15) is 0 Å². The summed E-state index contributed by atoms with van der Waals surface area (Å²) in [6, 6.07) is 10.1. The van der Waals surface area contributed by atoms with Crippen LogP contribution < -0.4 is 0 Å². The Bertz CT molecular complexity index is 298. The Balaban J connectivity index is 2.37. The van der Waals surface area contributed by atoms with Gasteiger partial charge in [0, 0.05) is 6.54 Å². The smallest absolute Gasteiger partial charge is 0.317 e. The fourth-order valence-corrected chi connectivity index (χ4v) is 1.47. The summed E-state index contributed by atoms with van der Waals surface area (Å²) in [6.07, 6.45) is 0.905. The second-order valence-corrected chi connectivity index (χ2v) is 3.50. The lowest BCUT2D eigenvalue weighted by Gasteiger charge is -2.17. The van der Waals surface area contributed by atoms with Crippen LogP contribution in [0.3, 0.4) is 0 Å². The van der Waals surface area contributed by atoms with Crippen LogP contribution in [-0.2, 0) is 11.2 Å². The number of aliphatic carboxylic acids is 1. The molecule has 82 valence electrons. The zero-order chi connectivity index (χ0) is 11.1. The molecule has 3 nitrogen and oxygen atoms in total. The standard InChI is InChI=1S/C12H17NO2/c1-2-13(10-12(14)15)9-8-11-6-4-3-5-7-11/h3-7H,2,8-10H2,1H3,(H,14,15). The molecule has 0 aliphatic carbocycles. The normalized spacial score (nSPS) is 10.5. The molecule has 1 aromatic carbocycles. The van der Waals surface area contributed by atoms with Crippen LogP contribution in [-0.4, -0.2) is 35.6 Å². The maximum absolute atomic E-state index is 10.5. The first kappa shape index (κ1) is 11.7. The summed E-state index contributed by atoms with van der Waals surface area (Å²) in [4.78, 5) is 12.5. The van der Waals surface area contributed by atoms with Crippen molar-refractivity contribution in [2.24, 2.45) is 0 Å². The van der Waals surface area contributed by atoms with Gasteiger partial charge in [-0.05, 0) is 18.5 Å². The van der Waals surface area contributed by atoms with E-state index in [0.29, 0.717) is 0 Å². The largest absolute Gasteiger partial charge is 0.480 e. The van der Waals surface area contributed by atoms with E-state index >= 15 is 0 Å². The summed E-state index contributed by atoms with van der Waals surface area (Å²) in [5.74, 6) is -0.759. The van der Waals surface area contributed by atoms with Gasteiger partial charge in [0.05, 0.1) is 6.54 Å². The molecule has 1 rings (SSSR count). The van der Waals surface area contributed by atoms with Gasteiger partial charge in [-0.15, -0.1) is 0 Å². The second-order valence-electron chi connectivity index (χ2n) is 3.50. The summed E-state index contributed by atoms with van der Waals surface area (Å²) < 4.78 is 0. The fraction of sp³-hybridized carbons (Fsp3) is 0.417. The molecular formula is C12H17NO2. The van der Waals surface area contributed by atoms with Crippen molar-refractivity contribution >= 4 is 5.97 Å². The number of likely N-dealkylation sites (N-methyl/N-ethyl adjacent to an activating group) is 1. The Morgan fingerprint density at radius 2 is 2.00 bits per heavy atom. The number of nitrogens with zero attached hydrogens (tertiary/aromatic N) is 1. The van der Waals surface area contributed by atoms with Crippen LogP contribution >= 0.6 is 0 Å². The molecule has 1 N–H and O–H groups in total. The predicted molar refractivity (Wildman–Crippen MR) is 59.9 cm³/mol. The van der Waals surface area contributed by atoms with E-state index in [1.165, 1.54) is 5.56 Å². The molecule has 0 atom stereocenters. The van der Waals surface area contributed by atoms with E-state index in [9.17, 15) is 4.79 Å². The summed E-state index contributed by atoms with van der Waals surface area (Å²) >= 11 is 0. The van der Waals surface area contributed by atoms with Gasteiger partial charge in [-0.25, -0.2) is 0 Å². The van der Waals surface area contributed by atoms with Gasteiger partial charge >= 0.3 is 5.97 Å². The third-order valence-electron chi connectivity index (χ3n) is 2.37. The van der Waals surface area contributed by atoms with Crippen LogP contribution in [0.2, 0.25) is 0 Å². The molecule has 0 fully saturated rings. The van der Waals surface area contributed by atoms with Crippen LogP contribution in [0.5, 0.6) is 0 Å². The topological polar surface area (TPSA) is 40.5 Å². The van der Waals surface area contributed by atoms with Gasteiger partial charge in [0.15, 0.2) is 0 Å². The first-order valence-corrected chi connectivity index (χ1v) is 5.20. The van der Waals surface area contributed by atoms with Crippen molar-refractivity contribution in [1.29, 1.82) is 0 Å². The lowest BCUT2D eigenvalue weighted by Crippen LogP contribution is -2.31. The van der Waals surface area contributed by atoms with Crippen molar-refractivity contribution in [3.63, 3.8) is 0 Å². The minimum absolute atomic E-state index is 0.128. The summed E-state index contributed by atoms with van der Waals surface area (Å²) in [5.41, 5.74) is 1.25. The zero-order valence-corrected chi connectivity index (χ0v) is 9.02. The number of benzene rings is 1. The van der Waals surface area contributed by atoms with Crippen LogP contribution in [0.25, 0.3) is 0 Å². The quantitative estimate of drug-likeness (QED) is 0.770. The monoisotopic (exact) mass is 207 g/mol. The number of carboxylic acid groups (broad SMARTS) is 1. The molecule has 0 unspecified atom stereocenters. The molecule has 0 saturated heterocycles. The van der Waals surface area contributed by atoms with E-state index in [1.807, 2.05) is 30.0 Å². The Hall–Kier alpha value is -1.35. The maximum Gasteiger partial charge on any atom is 0.317 e. The molecule has 0 heterocycles. The van der Waals surface area contributed by atoms with Gasteiger partial charge in [-0.1, -0.05) is 37.3 Å². The van der Waals surface area contributed by atoms with Crippen LogP contribution in [0.1, 0.15) is 12.5 Å². The molecule has 0 aromatic heterocycles. The molecule has 3 heteroatoms. The molecular weight excluding hydrogens is 190 g/mol. The first-order valence-electron chi connectivity index (χ1n) is 5.20. The average Bonchev–Trinajstić information content (AvgIpc) is 2.25. The summed E-state index contributed by atoms with van der Waals surface area (Å²) in [6.45, 7) is 3.68. The van der Waals surface area contributed by atoms with E-state index in [1.54, 1.807) is 0 Å². The van der Waals surface area contributed by atoms with Crippen LogP contribution in [0.4, 0.5) is 0 Å². The van der Waals surface area contributed by atoms with Gasteiger partial charge in [0.1, 0.15) is 0 Å². The van der Waals surface area contributed by atoms with E-state index < -0.39 is 5.97 Å². The number of carbonyl (C=O) groups is 1. The minimum Gasteiger partial charge on any atom is -0.480 e. The van der Waals surface area contributed by atoms with Crippen molar-refractivity contribution in [2.75, 3.05) is 19.6 Å². The number of rotatable bonds is 6. The number of hydrogen-bond donors (Lipinski definition) is 1. The minimum atomic E-state index is -0.759. The predicted octanol–water partition coefficient (Wildman–Crippen LogP) is 1.64. The van der Waals surface area contributed by atoms with Gasteiger partial charge < -0.3 is 5.11 Å². The third-order valence-corrected chi connectivity index (χ3v) is 2.37. The van der Waals surface area contributed by atoms with E-state index in [0.717, 1.165) is 19.5 Å². The Kier molecular flexibility index (Phi) is 4.84. The average molecular weight is 207 g/mol. The molecule has 0 bridgehead atoms. The maximum atomic E-state index is 10.5. The highest BCUT2D eigenvalue weighted by Gasteiger charge is 2.06. The molecule has 0 aliphatic heterocycles. The second kappa shape index (κ2) is 6.19. The molecule has 0 spiro atoms. The third kappa shape index (κ3) is 4.61. The van der Waals surface area contributed by atoms with E-state index in [-0.39, 0.29) is 6.54 Å². The zero-order valence-electron chi connectivity index (χ0n) is 9.02. The molecule has 0 aliphatic rings. The Morgan fingerprint density at radius 1 is 1.33 bits per heavy atom. The van der Waals surface area contributed by atoms with E-state index in [2.05, 4.69) is 12.1 Å². The SMILES string of the molecule is CCN(CCc1ccccc1)CC(=O)O. The fourth-order valence-electron chi connectivity index (χ4n) is 1.47. The van der Waals surface area contributed by atoms with Crippen molar-refractivity contribution < 1.29 is 9.90 Å². The van der Waals surface area contributed by atoms with Gasteiger partial charge in [0.2, 0.25) is 0 Å². The first-order chi connectivity index (χ1) is 7.22. The van der Waals surface area contributed by atoms with Crippen molar-refractivity contribution in [3.05, 3.63) is 35.9 Å². The number of carboxylic acids is 1. The molecule has 1 aromatic rings. The lowest BCUT2D eigenvalue weighted by molar-refractivity contribution is -0.138. The molecule has 0 saturated carbocycles. The summed E-state index contributed by atoms with van der Waals surface area (Å²) in [7, 11) is 0.